The lowest BCUT2D eigenvalue weighted by Crippen LogP contribution is -2.10. The number of pyridine rings is 1. The van der Waals surface area contributed by atoms with E-state index in [-0.39, 0.29) is 11.7 Å². The Kier molecular flexibility index (Phi) is 2.79. The number of carbonyl (C=O) groups is 1. The first-order valence-electron chi connectivity index (χ1n) is 5.72. The summed E-state index contributed by atoms with van der Waals surface area (Å²) in [5, 5.41) is 5.14. The number of amides is 1. The van der Waals surface area contributed by atoms with Gasteiger partial charge in [0.25, 0.3) is 5.91 Å². The molecule has 0 radical (unpaired) electrons. The number of fused-ring (bicyclic) bond motifs is 1. The highest BCUT2D eigenvalue weighted by Gasteiger charge is 2.14. The van der Waals surface area contributed by atoms with Gasteiger partial charge in [-0.05, 0) is 26.0 Å². The van der Waals surface area contributed by atoms with Crippen molar-refractivity contribution in [1.29, 1.82) is 0 Å². The molecule has 19 heavy (non-hydrogen) atoms. The van der Waals surface area contributed by atoms with Crippen LogP contribution < -0.4 is 5.32 Å². The zero-order valence-electron chi connectivity index (χ0n) is 10.4. The van der Waals surface area contributed by atoms with Crippen molar-refractivity contribution in [3.63, 3.8) is 0 Å². The highest BCUT2D eigenvalue weighted by atomic mass is 32.1. The third kappa shape index (κ3) is 2.34. The summed E-state index contributed by atoms with van der Waals surface area (Å²) in [6.07, 6.45) is 0. The minimum Gasteiger partial charge on any atom is -0.449 e. The van der Waals surface area contributed by atoms with E-state index in [1.807, 2.05) is 31.4 Å². The minimum atomic E-state index is -0.315. The lowest BCUT2D eigenvalue weighted by Gasteiger charge is -1.96. The van der Waals surface area contributed by atoms with Gasteiger partial charge in [0.05, 0.1) is 5.69 Å². The van der Waals surface area contributed by atoms with E-state index in [9.17, 15) is 4.79 Å². The van der Waals surface area contributed by atoms with Crippen LogP contribution in [0.2, 0.25) is 0 Å². The maximum absolute atomic E-state index is 12.0. The van der Waals surface area contributed by atoms with E-state index < -0.39 is 0 Å². The van der Waals surface area contributed by atoms with Crippen LogP contribution in [0.5, 0.6) is 0 Å². The van der Waals surface area contributed by atoms with E-state index in [4.69, 9.17) is 4.42 Å². The topological polar surface area (TPSA) is 68.0 Å². The number of hydrogen-bond donors (Lipinski definition) is 1. The van der Waals surface area contributed by atoms with Gasteiger partial charge in [0.15, 0.2) is 16.5 Å². The van der Waals surface area contributed by atoms with Crippen LogP contribution in [0.15, 0.2) is 28.0 Å². The predicted molar refractivity (Wildman–Crippen MR) is 73.6 cm³/mol. The molecule has 0 fully saturated rings. The van der Waals surface area contributed by atoms with Crippen molar-refractivity contribution >= 4 is 33.5 Å². The Morgan fingerprint density at radius 3 is 2.84 bits per heavy atom. The maximum atomic E-state index is 12.0. The molecular weight excluding hydrogens is 262 g/mol. The summed E-state index contributed by atoms with van der Waals surface area (Å²) in [7, 11) is 0. The van der Waals surface area contributed by atoms with Crippen LogP contribution in [0.1, 0.15) is 21.9 Å². The van der Waals surface area contributed by atoms with Crippen molar-refractivity contribution in [2.45, 2.75) is 13.8 Å². The lowest BCUT2D eigenvalue weighted by molar-refractivity contribution is 0.0998. The van der Waals surface area contributed by atoms with Crippen LogP contribution in [-0.4, -0.2) is 15.9 Å². The van der Waals surface area contributed by atoms with Crippen molar-refractivity contribution in [2.24, 2.45) is 0 Å². The Bertz CT molecular complexity index is 760. The second kappa shape index (κ2) is 4.47. The summed E-state index contributed by atoms with van der Waals surface area (Å²) < 4.78 is 5.47. The molecule has 0 saturated heterocycles. The number of furan rings is 1. The maximum Gasteiger partial charge on any atom is 0.293 e. The van der Waals surface area contributed by atoms with Crippen LogP contribution in [0.4, 0.5) is 5.13 Å². The number of nitrogens with zero attached hydrogens (tertiary/aromatic N) is 2. The molecule has 0 aliphatic carbocycles. The van der Waals surface area contributed by atoms with Crippen molar-refractivity contribution in [1.82, 2.24) is 9.97 Å². The normalized spacial score (nSPS) is 10.8. The second-order valence-electron chi connectivity index (χ2n) is 4.19. The van der Waals surface area contributed by atoms with Gasteiger partial charge in [0.2, 0.25) is 0 Å². The van der Waals surface area contributed by atoms with Gasteiger partial charge in [-0.1, -0.05) is 0 Å². The second-order valence-corrected chi connectivity index (χ2v) is 5.05. The van der Waals surface area contributed by atoms with E-state index in [0.29, 0.717) is 16.2 Å². The van der Waals surface area contributed by atoms with Crippen molar-refractivity contribution < 1.29 is 9.21 Å². The van der Waals surface area contributed by atoms with Gasteiger partial charge in [0.1, 0.15) is 5.52 Å². The highest BCUT2D eigenvalue weighted by molar-refractivity contribution is 7.13. The van der Waals surface area contributed by atoms with Crippen LogP contribution in [0.3, 0.4) is 0 Å². The van der Waals surface area contributed by atoms with Crippen LogP contribution in [-0.2, 0) is 0 Å². The van der Waals surface area contributed by atoms with Gasteiger partial charge in [-0.3, -0.25) is 10.1 Å². The van der Waals surface area contributed by atoms with Crippen LogP contribution >= 0.6 is 11.3 Å². The zero-order valence-corrected chi connectivity index (χ0v) is 11.2. The van der Waals surface area contributed by atoms with Gasteiger partial charge in [-0.2, -0.15) is 0 Å². The third-order valence-electron chi connectivity index (χ3n) is 2.58. The van der Waals surface area contributed by atoms with Crippen molar-refractivity contribution in [3.8, 4) is 0 Å². The lowest BCUT2D eigenvalue weighted by atomic mass is 10.3. The largest absolute Gasteiger partial charge is 0.449 e. The zero-order chi connectivity index (χ0) is 13.4. The highest BCUT2D eigenvalue weighted by Crippen LogP contribution is 2.20. The first-order valence-corrected chi connectivity index (χ1v) is 6.60. The molecule has 6 heteroatoms. The predicted octanol–water partition coefficient (Wildman–Crippen LogP) is 3.15. The molecule has 1 N–H and O–H groups in total. The number of anilines is 1. The summed E-state index contributed by atoms with van der Waals surface area (Å²) in [5.74, 6) is -0.0778. The Balaban J connectivity index is 1.89. The summed E-state index contributed by atoms with van der Waals surface area (Å²) in [6.45, 7) is 3.77. The molecule has 3 aromatic heterocycles. The van der Waals surface area contributed by atoms with E-state index in [1.54, 1.807) is 6.07 Å². The molecule has 0 spiro atoms. The first-order chi connectivity index (χ1) is 9.11. The molecule has 0 atom stereocenters. The van der Waals surface area contributed by atoms with Crippen LogP contribution in [0.25, 0.3) is 11.1 Å². The fourth-order valence-electron chi connectivity index (χ4n) is 1.71. The number of hydrogen-bond acceptors (Lipinski definition) is 5. The molecule has 0 aliphatic rings. The number of rotatable bonds is 2. The Morgan fingerprint density at radius 1 is 1.26 bits per heavy atom. The molecule has 3 aromatic rings. The quantitative estimate of drug-likeness (QED) is 0.778. The molecule has 0 aromatic carbocycles. The number of aromatic nitrogens is 2. The average molecular weight is 273 g/mol. The van der Waals surface area contributed by atoms with Gasteiger partial charge in [-0.25, -0.2) is 9.97 Å². The third-order valence-corrected chi connectivity index (χ3v) is 3.45. The van der Waals surface area contributed by atoms with Gasteiger partial charge in [0, 0.05) is 17.1 Å². The van der Waals surface area contributed by atoms with Gasteiger partial charge < -0.3 is 4.42 Å². The molecule has 1 amide bonds. The van der Waals surface area contributed by atoms with Crippen molar-refractivity contribution in [3.05, 3.63) is 40.7 Å². The van der Waals surface area contributed by atoms with Gasteiger partial charge >= 0.3 is 0 Å². The van der Waals surface area contributed by atoms with E-state index >= 15 is 0 Å². The van der Waals surface area contributed by atoms with E-state index in [1.165, 1.54) is 11.3 Å². The fraction of sp³-hybridized carbons (Fsp3) is 0.154. The monoisotopic (exact) mass is 273 g/mol. The number of thiazole rings is 1. The number of nitrogens with one attached hydrogen (secondary N) is 1. The fourth-order valence-corrected chi connectivity index (χ4v) is 2.39. The van der Waals surface area contributed by atoms with Crippen molar-refractivity contribution in [2.75, 3.05) is 5.32 Å². The molecular formula is C13H11N3O2S. The summed E-state index contributed by atoms with van der Waals surface area (Å²) in [4.78, 5) is 20.5. The molecule has 0 saturated carbocycles. The molecule has 0 aliphatic heterocycles. The SMILES string of the molecule is Cc1csc(NC(=O)c2cc3nc(C)ccc3o2)n1. The Hall–Kier alpha value is -2.21. The summed E-state index contributed by atoms with van der Waals surface area (Å²) in [5.41, 5.74) is 3.05. The standard InChI is InChI=1S/C13H11N3O2S/c1-7-3-4-10-9(14-7)5-11(18-10)12(17)16-13-15-8(2)6-19-13/h3-6H,1-2H3,(H,15,16,17). The Morgan fingerprint density at radius 2 is 2.11 bits per heavy atom. The molecule has 0 unspecified atom stereocenters. The number of carbonyl (C=O) groups excluding carboxylic acids is 1. The molecule has 0 bridgehead atoms. The first kappa shape index (κ1) is 11.9. The molecule has 3 heterocycles. The summed E-state index contributed by atoms with van der Waals surface area (Å²) in [6, 6.07) is 5.29. The van der Waals surface area contributed by atoms with Gasteiger partial charge in [-0.15, -0.1) is 11.3 Å². The minimum absolute atomic E-state index is 0.237. The molecule has 96 valence electrons. The smallest absolute Gasteiger partial charge is 0.293 e. The molecule has 3 rings (SSSR count). The number of aryl methyl sites for hydroxylation is 2. The average Bonchev–Trinajstić information content (AvgIpc) is 2.95. The summed E-state index contributed by atoms with van der Waals surface area (Å²) >= 11 is 1.38. The Labute approximate surface area is 113 Å². The van der Waals surface area contributed by atoms with E-state index in [2.05, 4.69) is 15.3 Å². The molecule has 5 nitrogen and oxygen atoms in total. The van der Waals surface area contributed by atoms with E-state index in [0.717, 1.165) is 11.4 Å². The van der Waals surface area contributed by atoms with Crippen LogP contribution in [0, 0.1) is 13.8 Å².